The van der Waals surface area contributed by atoms with Crippen LogP contribution in [0.1, 0.15) is 42.5 Å². The van der Waals surface area contributed by atoms with E-state index in [2.05, 4.69) is 4.72 Å². The average molecular weight is 325 g/mol. The molecule has 122 valence electrons. The second kappa shape index (κ2) is 7.21. The number of amides is 1. The molecule has 1 aromatic rings. The van der Waals surface area contributed by atoms with Crippen LogP contribution >= 0.6 is 0 Å². The summed E-state index contributed by atoms with van der Waals surface area (Å²) in [5, 5.41) is 0. The quantitative estimate of drug-likeness (QED) is 0.722. The van der Waals surface area contributed by atoms with Crippen molar-refractivity contribution in [1.82, 2.24) is 4.72 Å². The molecular formula is C15H23N3O3S. The maximum Gasteiger partial charge on any atom is 0.248 e. The van der Waals surface area contributed by atoms with E-state index in [0.29, 0.717) is 5.92 Å². The summed E-state index contributed by atoms with van der Waals surface area (Å²) >= 11 is 0. The third-order valence-electron chi connectivity index (χ3n) is 4.23. The Morgan fingerprint density at radius 2 is 1.77 bits per heavy atom. The van der Waals surface area contributed by atoms with E-state index in [4.69, 9.17) is 11.5 Å². The normalized spacial score (nSPS) is 18.0. The van der Waals surface area contributed by atoms with Crippen LogP contribution in [0.5, 0.6) is 0 Å². The van der Waals surface area contributed by atoms with Gasteiger partial charge in [0.05, 0.1) is 4.90 Å². The molecule has 0 saturated heterocycles. The lowest BCUT2D eigenvalue weighted by molar-refractivity contribution is 0.1000. The number of nitrogens with one attached hydrogen (secondary N) is 1. The van der Waals surface area contributed by atoms with Gasteiger partial charge in [0.1, 0.15) is 0 Å². The molecule has 1 aromatic carbocycles. The Hall–Kier alpha value is -1.44. The van der Waals surface area contributed by atoms with Crippen molar-refractivity contribution in [1.29, 1.82) is 0 Å². The summed E-state index contributed by atoms with van der Waals surface area (Å²) in [4.78, 5) is 11.2. The van der Waals surface area contributed by atoms with Crippen molar-refractivity contribution in [2.75, 3.05) is 6.54 Å². The van der Waals surface area contributed by atoms with Crippen molar-refractivity contribution >= 4 is 15.9 Å². The van der Waals surface area contributed by atoms with Crippen LogP contribution in [0.15, 0.2) is 29.2 Å². The first-order valence-electron chi connectivity index (χ1n) is 7.56. The van der Waals surface area contributed by atoms with Crippen LogP contribution in [0.2, 0.25) is 0 Å². The van der Waals surface area contributed by atoms with Gasteiger partial charge >= 0.3 is 0 Å². The van der Waals surface area contributed by atoms with Crippen LogP contribution in [0.4, 0.5) is 0 Å². The first kappa shape index (κ1) is 16.9. The summed E-state index contributed by atoms with van der Waals surface area (Å²) in [7, 11) is -3.65. The van der Waals surface area contributed by atoms with E-state index in [0.717, 1.165) is 25.7 Å². The predicted octanol–water partition coefficient (Wildman–Crippen LogP) is 0.971. The molecule has 1 fully saturated rings. The van der Waals surface area contributed by atoms with Gasteiger partial charge in [0.25, 0.3) is 0 Å². The highest BCUT2D eigenvalue weighted by Gasteiger charge is 2.27. The lowest BCUT2D eigenvalue weighted by atomic mass is 9.84. The van der Waals surface area contributed by atoms with Gasteiger partial charge in [0, 0.05) is 18.2 Å². The molecule has 0 aliphatic heterocycles. The molecule has 0 aromatic heterocycles. The van der Waals surface area contributed by atoms with Gasteiger partial charge in [-0.05, 0) is 43.0 Å². The van der Waals surface area contributed by atoms with Gasteiger partial charge in [-0.1, -0.05) is 19.3 Å². The minimum atomic E-state index is -3.65. The summed E-state index contributed by atoms with van der Waals surface area (Å²) in [6, 6.07) is 5.35. The molecule has 0 heterocycles. The molecule has 1 unspecified atom stereocenters. The van der Waals surface area contributed by atoms with Crippen LogP contribution in [0.3, 0.4) is 0 Å². The molecule has 22 heavy (non-hydrogen) atoms. The highest BCUT2D eigenvalue weighted by Crippen LogP contribution is 2.27. The Morgan fingerprint density at radius 1 is 1.18 bits per heavy atom. The van der Waals surface area contributed by atoms with Crippen molar-refractivity contribution in [3.63, 3.8) is 0 Å². The highest BCUT2D eigenvalue weighted by molar-refractivity contribution is 7.89. The van der Waals surface area contributed by atoms with Crippen LogP contribution in [-0.2, 0) is 10.0 Å². The predicted molar refractivity (Wildman–Crippen MR) is 84.7 cm³/mol. The second-order valence-electron chi connectivity index (χ2n) is 5.75. The third kappa shape index (κ3) is 4.06. The third-order valence-corrected chi connectivity index (χ3v) is 5.73. The van der Waals surface area contributed by atoms with Crippen LogP contribution in [0, 0.1) is 5.92 Å². The Bertz CT molecular complexity index is 607. The SMILES string of the molecule is NCC(NS(=O)(=O)c1ccc(C(N)=O)cc1)C1CCCCC1. The molecule has 1 atom stereocenters. The Labute approximate surface area is 131 Å². The Balaban J connectivity index is 2.12. The van der Waals surface area contributed by atoms with Gasteiger partial charge in [-0.15, -0.1) is 0 Å². The molecule has 0 radical (unpaired) electrons. The fourth-order valence-corrected chi connectivity index (χ4v) is 4.26. The van der Waals surface area contributed by atoms with Crippen molar-refractivity contribution in [3.8, 4) is 0 Å². The first-order valence-corrected chi connectivity index (χ1v) is 9.04. The molecule has 0 bridgehead atoms. The minimum absolute atomic E-state index is 0.117. The topological polar surface area (TPSA) is 115 Å². The maximum absolute atomic E-state index is 12.4. The largest absolute Gasteiger partial charge is 0.366 e. The number of hydrogen-bond acceptors (Lipinski definition) is 4. The van der Waals surface area contributed by atoms with Gasteiger partial charge in [0.15, 0.2) is 0 Å². The number of nitrogens with two attached hydrogens (primary N) is 2. The van der Waals surface area contributed by atoms with E-state index < -0.39 is 15.9 Å². The van der Waals surface area contributed by atoms with E-state index in [1.54, 1.807) is 0 Å². The summed E-state index contributed by atoms with van der Waals surface area (Å²) < 4.78 is 27.6. The zero-order valence-electron chi connectivity index (χ0n) is 12.5. The molecule has 1 amide bonds. The van der Waals surface area contributed by atoms with Crippen molar-refractivity contribution in [3.05, 3.63) is 29.8 Å². The van der Waals surface area contributed by atoms with Gasteiger partial charge in [-0.25, -0.2) is 13.1 Å². The number of benzene rings is 1. The summed E-state index contributed by atoms with van der Waals surface area (Å²) in [6.07, 6.45) is 5.46. The zero-order chi connectivity index (χ0) is 16.2. The zero-order valence-corrected chi connectivity index (χ0v) is 13.3. The van der Waals surface area contributed by atoms with E-state index in [1.165, 1.54) is 30.7 Å². The van der Waals surface area contributed by atoms with Crippen molar-refractivity contribution < 1.29 is 13.2 Å². The maximum atomic E-state index is 12.4. The fraction of sp³-hybridized carbons (Fsp3) is 0.533. The molecule has 0 spiro atoms. The number of carbonyl (C=O) groups excluding carboxylic acids is 1. The summed E-state index contributed by atoms with van der Waals surface area (Å²) in [6.45, 7) is 0.281. The van der Waals surface area contributed by atoms with E-state index >= 15 is 0 Å². The van der Waals surface area contributed by atoms with Gasteiger partial charge < -0.3 is 11.5 Å². The molecule has 1 aliphatic carbocycles. The molecule has 5 N–H and O–H groups in total. The van der Waals surface area contributed by atoms with E-state index in [1.807, 2.05) is 0 Å². The molecule has 1 saturated carbocycles. The van der Waals surface area contributed by atoms with E-state index in [-0.39, 0.29) is 23.0 Å². The summed E-state index contributed by atoms with van der Waals surface area (Å²) in [5.41, 5.74) is 11.2. The standard InChI is InChI=1S/C15H23N3O3S/c16-10-14(11-4-2-1-3-5-11)18-22(20,21)13-8-6-12(7-9-13)15(17)19/h6-9,11,14,18H,1-5,10,16H2,(H2,17,19). The number of sulfonamides is 1. The van der Waals surface area contributed by atoms with Crippen LogP contribution < -0.4 is 16.2 Å². The molecule has 2 rings (SSSR count). The lowest BCUT2D eigenvalue weighted by Crippen LogP contribution is -2.45. The van der Waals surface area contributed by atoms with Gasteiger partial charge in [-0.2, -0.15) is 0 Å². The monoisotopic (exact) mass is 325 g/mol. The molecule has 1 aliphatic rings. The smallest absolute Gasteiger partial charge is 0.248 e. The number of primary amides is 1. The van der Waals surface area contributed by atoms with Crippen molar-refractivity contribution in [2.45, 2.75) is 43.0 Å². The highest BCUT2D eigenvalue weighted by atomic mass is 32.2. The second-order valence-corrected chi connectivity index (χ2v) is 7.46. The number of rotatable bonds is 6. The fourth-order valence-electron chi connectivity index (χ4n) is 2.94. The Kier molecular flexibility index (Phi) is 5.55. The van der Waals surface area contributed by atoms with Gasteiger partial charge in [0.2, 0.25) is 15.9 Å². The number of carbonyl (C=O) groups is 1. The average Bonchev–Trinajstić information content (AvgIpc) is 2.53. The number of hydrogen-bond donors (Lipinski definition) is 3. The van der Waals surface area contributed by atoms with Gasteiger partial charge in [-0.3, -0.25) is 4.79 Å². The summed E-state index contributed by atoms with van der Waals surface area (Å²) in [5.74, 6) is -0.294. The van der Waals surface area contributed by atoms with E-state index in [9.17, 15) is 13.2 Å². The van der Waals surface area contributed by atoms with Crippen LogP contribution in [0.25, 0.3) is 0 Å². The molecule has 6 nitrogen and oxygen atoms in total. The molecule has 7 heteroatoms. The van der Waals surface area contributed by atoms with Crippen molar-refractivity contribution in [2.24, 2.45) is 17.4 Å². The Morgan fingerprint density at radius 3 is 2.27 bits per heavy atom. The lowest BCUT2D eigenvalue weighted by Gasteiger charge is -2.29. The minimum Gasteiger partial charge on any atom is -0.366 e. The molecular weight excluding hydrogens is 302 g/mol. The first-order chi connectivity index (χ1) is 10.4. The van der Waals surface area contributed by atoms with Crippen LogP contribution in [-0.4, -0.2) is 26.9 Å².